The van der Waals surface area contributed by atoms with Gasteiger partial charge in [-0.05, 0) is 29.5 Å². The molecule has 2 aromatic carbocycles. The molecule has 1 aromatic heterocycles. The zero-order valence-corrected chi connectivity index (χ0v) is 16.9. The van der Waals surface area contributed by atoms with Crippen LogP contribution in [-0.2, 0) is 12.2 Å². The Kier molecular flexibility index (Phi) is 4.69. The van der Waals surface area contributed by atoms with Crippen molar-refractivity contribution in [2.24, 2.45) is 0 Å². The summed E-state index contributed by atoms with van der Waals surface area (Å²) in [4.78, 5) is 11.8. The minimum absolute atomic E-state index is 0.295. The first-order chi connectivity index (χ1) is 13.8. The van der Waals surface area contributed by atoms with Crippen LogP contribution in [0.2, 0.25) is 0 Å². The van der Waals surface area contributed by atoms with Crippen molar-refractivity contribution in [1.82, 2.24) is 9.97 Å². The molecule has 0 bridgehead atoms. The molecule has 4 nitrogen and oxygen atoms in total. The van der Waals surface area contributed by atoms with E-state index in [9.17, 15) is 0 Å². The standard InChI is InChI=1S/C23H24N4S/c1-2-7-19-18-11-6-10-17-12-13-27(21(17)18)22-20(26-19)23(25-15-24-22)28-14-16-8-4-3-5-9-16/h3-6,8-11,15,19,26H,2,7,12-14H2,1H3. The Morgan fingerprint density at radius 3 is 2.86 bits per heavy atom. The molecule has 28 heavy (non-hydrogen) atoms. The fourth-order valence-corrected chi connectivity index (χ4v) is 5.19. The van der Waals surface area contributed by atoms with E-state index in [1.807, 2.05) is 0 Å². The summed E-state index contributed by atoms with van der Waals surface area (Å²) in [6, 6.07) is 17.6. The van der Waals surface area contributed by atoms with E-state index in [1.54, 1.807) is 18.1 Å². The average molecular weight is 389 g/mol. The van der Waals surface area contributed by atoms with Crippen LogP contribution in [0.3, 0.4) is 0 Å². The highest BCUT2D eigenvalue weighted by Crippen LogP contribution is 2.48. The molecule has 0 aliphatic carbocycles. The molecule has 0 spiro atoms. The normalized spacial score (nSPS) is 16.9. The van der Waals surface area contributed by atoms with Gasteiger partial charge in [-0.25, -0.2) is 9.97 Å². The van der Waals surface area contributed by atoms with Gasteiger partial charge in [0.1, 0.15) is 17.0 Å². The van der Waals surface area contributed by atoms with Crippen LogP contribution in [0, 0.1) is 0 Å². The maximum absolute atomic E-state index is 4.71. The number of thioether (sulfide) groups is 1. The van der Waals surface area contributed by atoms with Crippen LogP contribution >= 0.6 is 11.8 Å². The lowest BCUT2D eigenvalue weighted by molar-refractivity contribution is 0.678. The molecule has 3 aromatic rings. The van der Waals surface area contributed by atoms with Crippen molar-refractivity contribution in [3.8, 4) is 0 Å². The Morgan fingerprint density at radius 2 is 2.00 bits per heavy atom. The SMILES string of the molecule is CCCC1Nc2c(SCc3ccccc3)ncnc2N2CCc3cccc1c32. The monoisotopic (exact) mass is 388 g/mol. The Balaban J connectivity index is 1.56. The fourth-order valence-electron chi connectivity index (χ4n) is 4.27. The molecule has 1 N–H and O–H groups in total. The van der Waals surface area contributed by atoms with E-state index < -0.39 is 0 Å². The van der Waals surface area contributed by atoms with Crippen molar-refractivity contribution in [1.29, 1.82) is 0 Å². The second kappa shape index (κ2) is 7.47. The Hall–Kier alpha value is -2.53. The van der Waals surface area contributed by atoms with Crippen LogP contribution in [0.5, 0.6) is 0 Å². The van der Waals surface area contributed by atoms with Crippen LogP contribution in [0.15, 0.2) is 59.9 Å². The molecule has 2 aliphatic rings. The predicted octanol–water partition coefficient (Wildman–Crippen LogP) is 5.73. The Morgan fingerprint density at radius 1 is 1.11 bits per heavy atom. The number of hydrogen-bond donors (Lipinski definition) is 1. The van der Waals surface area contributed by atoms with Crippen molar-refractivity contribution >= 4 is 29.0 Å². The third-order valence-electron chi connectivity index (χ3n) is 5.56. The van der Waals surface area contributed by atoms with E-state index in [0.717, 1.165) is 48.1 Å². The van der Waals surface area contributed by atoms with Crippen LogP contribution in [0.4, 0.5) is 17.2 Å². The molecule has 0 saturated heterocycles. The van der Waals surface area contributed by atoms with Gasteiger partial charge in [0.25, 0.3) is 0 Å². The van der Waals surface area contributed by atoms with Gasteiger partial charge in [-0.2, -0.15) is 0 Å². The molecule has 2 aliphatic heterocycles. The third-order valence-corrected chi connectivity index (χ3v) is 6.62. The minimum Gasteiger partial charge on any atom is -0.373 e. The van der Waals surface area contributed by atoms with Gasteiger partial charge in [0.05, 0.1) is 11.7 Å². The summed E-state index contributed by atoms with van der Waals surface area (Å²) < 4.78 is 0. The van der Waals surface area contributed by atoms with Crippen molar-refractivity contribution < 1.29 is 0 Å². The fraction of sp³-hybridized carbons (Fsp3) is 0.304. The number of rotatable bonds is 5. The molecular formula is C23H24N4S. The van der Waals surface area contributed by atoms with Gasteiger partial charge in [-0.1, -0.05) is 73.6 Å². The summed E-state index contributed by atoms with van der Waals surface area (Å²) in [5, 5.41) is 4.86. The predicted molar refractivity (Wildman–Crippen MR) is 116 cm³/mol. The topological polar surface area (TPSA) is 41.1 Å². The number of para-hydroxylation sites is 1. The van der Waals surface area contributed by atoms with E-state index in [2.05, 4.69) is 70.7 Å². The van der Waals surface area contributed by atoms with Gasteiger partial charge >= 0.3 is 0 Å². The lowest BCUT2D eigenvalue weighted by Crippen LogP contribution is -2.16. The minimum atomic E-state index is 0.295. The van der Waals surface area contributed by atoms with Crippen LogP contribution in [-0.4, -0.2) is 16.5 Å². The quantitative estimate of drug-likeness (QED) is 0.446. The highest BCUT2D eigenvalue weighted by molar-refractivity contribution is 7.98. The van der Waals surface area contributed by atoms with Crippen molar-refractivity contribution in [3.05, 3.63) is 71.5 Å². The van der Waals surface area contributed by atoms with Gasteiger partial charge in [-0.3, -0.25) is 0 Å². The van der Waals surface area contributed by atoms with E-state index in [-0.39, 0.29) is 0 Å². The number of hydrogen-bond acceptors (Lipinski definition) is 5. The molecular weight excluding hydrogens is 364 g/mol. The van der Waals surface area contributed by atoms with E-state index in [0.29, 0.717) is 6.04 Å². The van der Waals surface area contributed by atoms with Crippen LogP contribution in [0.1, 0.15) is 42.5 Å². The molecule has 0 saturated carbocycles. The number of nitrogens with one attached hydrogen (secondary N) is 1. The maximum atomic E-state index is 4.71. The van der Waals surface area contributed by atoms with Crippen LogP contribution in [0.25, 0.3) is 0 Å². The lowest BCUT2D eigenvalue weighted by Gasteiger charge is -2.20. The summed E-state index contributed by atoms with van der Waals surface area (Å²) in [7, 11) is 0. The first-order valence-corrected chi connectivity index (χ1v) is 11.0. The second-order valence-corrected chi connectivity index (χ2v) is 8.36. The van der Waals surface area contributed by atoms with E-state index in [4.69, 9.17) is 4.98 Å². The molecule has 1 atom stereocenters. The smallest absolute Gasteiger partial charge is 0.161 e. The van der Waals surface area contributed by atoms with Gasteiger partial charge in [0, 0.05) is 12.3 Å². The largest absolute Gasteiger partial charge is 0.373 e. The summed E-state index contributed by atoms with van der Waals surface area (Å²) in [5.41, 5.74) is 6.60. The van der Waals surface area contributed by atoms with Crippen molar-refractivity contribution in [2.45, 2.75) is 43.0 Å². The second-order valence-electron chi connectivity index (χ2n) is 7.39. The molecule has 5 heteroatoms. The molecule has 5 rings (SSSR count). The third kappa shape index (κ3) is 3.04. The van der Waals surface area contributed by atoms with Gasteiger partial charge in [-0.15, -0.1) is 0 Å². The van der Waals surface area contributed by atoms with E-state index >= 15 is 0 Å². The number of benzene rings is 2. The highest BCUT2D eigenvalue weighted by atomic mass is 32.2. The number of anilines is 3. The summed E-state index contributed by atoms with van der Waals surface area (Å²) >= 11 is 1.79. The zero-order chi connectivity index (χ0) is 18.9. The van der Waals surface area contributed by atoms with Gasteiger partial charge < -0.3 is 10.2 Å². The molecule has 3 heterocycles. The Labute approximate surface area is 170 Å². The molecule has 0 amide bonds. The summed E-state index contributed by atoms with van der Waals surface area (Å²) in [6.45, 7) is 3.24. The molecule has 0 radical (unpaired) electrons. The van der Waals surface area contributed by atoms with Crippen LogP contribution < -0.4 is 10.2 Å². The number of fused-ring (bicyclic) bond motifs is 2. The average Bonchev–Trinajstić information content (AvgIpc) is 3.11. The molecule has 142 valence electrons. The summed E-state index contributed by atoms with van der Waals surface area (Å²) in [5.74, 6) is 1.93. The molecule has 1 unspecified atom stereocenters. The Bertz CT molecular complexity index is 989. The van der Waals surface area contributed by atoms with Gasteiger partial charge in [0.15, 0.2) is 5.82 Å². The maximum Gasteiger partial charge on any atom is 0.161 e. The summed E-state index contributed by atoms with van der Waals surface area (Å²) in [6.07, 6.45) is 5.03. The number of aromatic nitrogens is 2. The zero-order valence-electron chi connectivity index (χ0n) is 16.1. The lowest BCUT2D eigenvalue weighted by atomic mass is 9.98. The van der Waals surface area contributed by atoms with Gasteiger partial charge in [0.2, 0.25) is 0 Å². The molecule has 0 fully saturated rings. The van der Waals surface area contributed by atoms with Crippen molar-refractivity contribution in [3.63, 3.8) is 0 Å². The van der Waals surface area contributed by atoms with Crippen molar-refractivity contribution in [2.75, 3.05) is 16.8 Å². The van der Waals surface area contributed by atoms with E-state index in [1.165, 1.54) is 22.4 Å². The number of nitrogens with zero attached hydrogens (tertiary/aromatic N) is 3. The first-order valence-electron chi connectivity index (χ1n) is 10.0. The highest BCUT2D eigenvalue weighted by Gasteiger charge is 2.33. The first kappa shape index (κ1) is 17.6.